The minimum absolute atomic E-state index is 0.0180. The topological polar surface area (TPSA) is 40.5 Å². The number of likely N-dealkylation sites (tertiary alicyclic amines) is 1. The third kappa shape index (κ3) is 3.71. The van der Waals surface area contributed by atoms with Crippen LogP contribution in [-0.4, -0.2) is 35.6 Å². The van der Waals surface area contributed by atoms with Gasteiger partial charge < -0.3 is 10.0 Å². The molecule has 1 aromatic carbocycles. The Labute approximate surface area is 119 Å². The quantitative estimate of drug-likeness (QED) is 0.862. The average Bonchev–Trinajstić information content (AvgIpc) is 2.47. The van der Waals surface area contributed by atoms with E-state index in [1.54, 1.807) is 0 Å². The van der Waals surface area contributed by atoms with E-state index in [0.29, 0.717) is 5.92 Å². The minimum atomic E-state index is -0.603. The summed E-state index contributed by atoms with van der Waals surface area (Å²) >= 11 is 6.27. The molecule has 1 aromatic rings. The number of hydrogen-bond donors (Lipinski definition) is 1. The molecule has 0 radical (unpaired) electrons. The van der Waals surface area contributed by atoms with Crippen molar-refractivity contribution in [1.82, 2.24) is 4.90 Å². The fourth-order valence-corrected chi connectivity index (χ4v) is 2.89. The van der Waals surface area contributed by atoms with E-state index < -0.39 is 5.38 Å². The third-order valence-electron chi connectivity index (χ3n) is 3.68. The first kappa shape index (κ1) is 14.4. The Balaban J connectivity index is 1.99. The monoisotopic (exact) mass is 281 g/mol. The number of hydrogen-bond acceptors (Lipinski definition) is 2. The molecule has 1 saturated heterocycles. The molecular weight excluding hydrogens is 262 g/mol. The van der Waals surface area contributed by atoms with Gasteiger partial charge in [0, 0.05) is 19.7 Å². The van der Waals surface area contributed by atoms with Crippen molar-refractivity contribution in [3.8, 4) is 0 Å². The number of carbonyl (C=O) groups excluding carboxylic acids is 1. The number of aliphatic hydroxyl groups excluding tert-OH is 1. The Kier molecular flexibility index (Phi) is 5.23. The molecule has 1 N–H and O–H groups in total. The molecule has 1 amide bonds. The number of benzene rings is 1. The van der Waals surface area contributed by atoms with Crippen LogP contribution in [0.3, 0.4) is 0 Å². The van der Waals surface area contributed by atoms with Gasteiger partial charge in [-0.2, -0.15) is 0 Å². The molecule has 1 aliphatic heterocycles. The Bertz CT molecular complexity index is 408. The summed E-state index contributed by atoms with van der Waals surface area (Å²) in [7, 11) is 0. The summed E-state index contributed by atoms with van der Waals surface area (Å²) in [6.45, 7) is 1.68. The maximum atomic E-state index is 12.4. The highest BCUT2D eigenvalue weighted by Gasteiger charge is 2.28. The molecule has 104 valence electrons. The zero-order valence-corrected chi connectivity index (χ0v) is 11.7. The second-order valence-corrected chi connectivity index (χ2v) is 5.51. The van der Waals surface area contributed by atoms with Crippen LogP contribution < -0.4 is 0 Å². The van der Waals surface area contributed by atoms with Gasteiger partial charge in [-0.25, -0.2) is 0 Å². The van der Waals surface area contributed by atoms with E-state index in [0.717, 1.165) is 37.9 Å². The lowest BCUT2D eigenvalue weighted by molar-refractivity contribution is -0.132. The molecule has 3 nitrogen and oxygen atoms in total. The van der Waals surface area contributed by atoms with Crippen molar-refractivity contribution in [2.24, 2.45) is 5.92 Å². The van der Waals surface area contributed by atoms with Crippen molar-refractivity contribution in [2.75, 3.05) is 19.7 Å². The summed E-state index contributed by atoms with van der Waals surface area (Å²) in [4.78, 5) is 14.2. The molecule has 1 heterocycles. The molecule has 0 aliphatic carbocycles. The number of carbonyl (C=O) groups is 1. The highest BCUT2D eigenvalue weighted by Crippen LogP contribution is 2.26. The lowest BCUT2D eigenvalue weighted by Gasteiger charge is -2.33. The second-order valence-electron chi connectivity index (χ2n) is 5.08. The van der Waals surface area contributed by atoms with Gasteiger partial charge >= 0.3 is 0 Å². The zero-order valence-electron chi connectivity index (χ0n) is 11.0. The maximum Gasteiger partial charge on any atom is 0.245 e. The van der Waals surface area contributed by atoms with Gasteiger partial charge in [0.1, 0.15) is 5.38 Å². The molecule has 19 heavy (non-hydrogen) atoms. The highest BCUT2D eigenvalue weighted by atomic mass is 35.5. The van der Waals surface area contributed by atoms with Gasteiger partial charge in [0.15, 0.2) is 0 Å². The van der Waals surface area contributed by atoms with Crippen molar-refractivity contribution in [2.45, 2.75) is 24.6 Å². The van der Waals surface area contributed by atoms with Crippen LogP contribution in [0.5, 0.6) is 0 Å². The lowest BCUT2D eigenvalue weighted by Crippen LogP contribution is -2.41. The molecule has 0 aromatic heterocycles. The van der Waals surface area contributed by atoms with Crippen LogP contribution >= 0.6 is 11.6 Å². The predicted octanol–water partition coefficient (Wildman–Crippen LogP) is 2.59. The summed E-state index contributed by atoms with van der Waals surface area (Å²) in [5.41, 5.74) is 0.846. The first-order valence-corrected chi connectivity index (χ1v) is 7.24. The number of piperidine rings is 1. The highest BCUT2D eigenvalue weighted by molar-refractivity contribution is 6.30. The third-order valence-corrected chi connectivity index (χ3v) is 4.12. The van der Waals surface area contributed by atoms with Crippen LogP contribution in [-0.2, 0) is 4.79 Å². The average molecular weight is 282 g/mol. The molecule has 1 fully saturated rings. The van der Waals surface area contributed by atoms with Crippen molar-refractivity contribution >= 4 is 17.5 Å². The van der Waals surface area contributed by atoms with E-state index in [4.69, 9.17) is 16.7 Å². The van der Waals surface area contributed by atoms with Crippen LogP contribution in [0.15, 0.2) is 30.3 Å². The fourth-order valence-electron chi connectivity index (χ4n) is 2.61. The number of amides is 1. The van der Waals surface area contributed by atoms with E-state index in [2.05, 4.69) is 0 Å². The van der Waals surface area contributed by atoms with Crippen LogP contribution in [0.2, 0.25) is 0 Å². The summed E-state index contributed by atoms with van der Waals surface area (Å²) in [5.74, 6) is 0.387. The number of rotatable bonds is 4. The maximum absolute atomic E-state index is 12.4. The van der Waals surface area contributed by atoms with Crippen LogP contribution in [0.25, 0.3) is 0 Å². The number of nitrogens with zero attached hydrogens (tertiary/aromatic N) is 1. The van der Waals surface area contributed by atoms with E-state index >= 15 is 0 Å². The Hall–Kier alpha value is -1.06. The summed E-state index contributed by atoms with van der Waals surface area (Å²) in [6, 6.07) is 9.46. The molecular formula is C15H20ClNO2. The molecule has 2 atom stereocenters. The van der Waals surface area contributed by atoms with Gasteiger partial charge in [0.2, 0.25) is 5.91 Å². The fraction of sp³-hybridized carbons (Fsp3) is 0.533. The zero-order chi connectivity index (χ0) is 13.7. The van der Waals surface area contributed by atoms with Gasteiger partial charge in [0.05, 0.1) is 0 Å². The van der Waals surface area contributed by atoms with Gasteiger partial charge in [0.25, 0.3) is 0 Å². The molecule has 0 saturated carbocycles. The van der Waals surface area contributed by atoms with Crippen molar-refractivity contribution in [1.29, 1.82) is 0 Å². The second kappa shape index (κ2) is 6.92. The molecule has 0 bridgehead atoms. The first-order chi connectivity index (χ1) is 9.22. The van der Waals surface area contributed by atoms with Crippen molar-refractivity contribution in [3.63, 3.8) is 0 Å². The van der Waals surface area contributed by atoms with Crippen LogP contribution in [0.4, 0.5) is 0 Å². The first-order valence-electron chi connectivity index (χ1n) is 6.81. The van der Waals surface area contributed by atoms with Gasteiger partial charge in [-0.05, 0) is 30.7 Å². The van der Waals surface area contributed by atoms with Crippen molar-refractivity contribution < 1.29 is 9.90 Å². The van der Waals surface area contributed by atoms with Crippen LogP contribution in [0.1, 0.15) is 30.2 Å². The van der Waals surface area contributed by atoms with E-state index in [9.17, 15) is 4.79 Å². The Morgan fingerprint density at radius 2 is 2.16 bits per heavy atom. The predicted molar refractivity (Wildman–Crippen MR) is 76.0 cm³/mol. The van der Waals surface area contributed by atoms with Gasteiger partial charge in [-0.15, -0.1) is 11.6 Å². The Morgan fingerprint density at radius 3 is 2.84 bits per heavy atom. The SMILES string of the molecule is O=C(C(Cl)c1ccccc1)N1CCCC(CCO)C1. The van der Waals surface area contributed by atoms with E-state index in [1.165, 1.54) is 0 Å². The molecule has 0 spiro atoms. The number of alkyl halides is 1. The van der Waals surface area contributed by atoms with Crippen LogP contribution in [0, 0.1) is 5.92 Å². The molecule has 2 rings (SSSR count). The number of aliphatic hydroxyl groups is 1. The van der Waals surface area contributed by atoms with Crippen molar-refractivity contribution in [3.05, 3.63) is 35.9 Å². The smallest absolute Gasteiger partial charge is 0.245 e. The summed E-state index contributed by atoms with van der Waals surface area (Å²) in [5, 5.41) is 8.40. The lowest BCUT2D eigenvalue weighted by atomic mass is 9.94. The van der Waals surface area contributed by atoms with E-state index in [1.807, 2.05) is 35.2 Å². The van der Waals surface area contributed by atoms with E-state index in [-0.39, 0.29) is 12.5 Å². The number of halogens is 1. The minimum Gasteiger partial charge on any atom is -0.396 e. The van der Waals surface area contributed by atoms with Gasteiger partial charge in [-0.1, -0.05) is 30.3 Å². The standard InChI is InChI=1S/C15H20ClNO2/c16-14(13-6-2-1-3-7-13)15(19)17-9-4-5-12(11-17)8-10-18/h1-3,6-7,12,14,18H,4-5,8-11H2. The summed E-state index contributed by atoms with van der Waals surface area (Å²) < 4.78 is 0. The molecule has 1 aliphatic rings. The Morgan fingerprint density at radius 1 is 1.42 bits per heavy atom. The normalized spacial score (nSPS) is 21.2. The molecule has 2 unspecified atom stereocenters. The molecule has 4 heteroatoms. The largest absolute Gasteiger partial charge is 0.396 e. The summed E-state index contributed by atoms with van der Waals surface area (Å²) in [6.07, 6.45) is 2.85. The van der Waals surface area contributed by atoms with Gasteiger partial charge in [-0.3, -0.25) is 4.79 Å².